The van der Waals surface area contributed by atoms with Crippen molar-refractivity contribution in [3.8, 4) is 0 Å². The molecule has 1 saturated heterocycles. The predicted octanol–water partition coefficient (Wildman–Crippen LogP) is 5.65. The van der Waals surface area contributed by atoms with Crippen molar-refractivity contribution in [2.24, 2.45) is 0 Å². The van der Waals surface area contributed by atoms with Crippen LogP contribution in [-0.2, 0) is 22.3 Å². The minimum absolute atomic E-state index is 0.0259. The Labute approximate surface area is 156 Å². The summed E-state index contributed by atoms with van der Waals surface area (Å²) in [6.07, 6.45) is 10.3. The summed E-state index contributed by atoms with van der Waals surface area (Å²) in [6, 6.07) is 17.5. The lowest BCUT2D eigenvalue weighted by molar-refractivity contribution is -0.162. The van der Waals surface area contributed by atoms with Crippen molar-refractivity contribution in [3.05, 3.63) is 70.8 Å². The topological polar surface area (TPSA) is 18.5 Å². The Morgan fingerprint density at radius 1 is 0.962 bits per heavy atom. The summed E-state index contributed by atoms with van der Waals surface area (Å²) in [5.74, 6) is 0. The van der Waals surface area contributed by atoms with E-state index in [0.717, 1.165) is 45.3 Å². The maximum atomic E-state index is 5.90. The van der Waals surface area contributed by atoms with Gasteiger partial charge in [-0.1, -0.05) is 54.6 Å². The van der Waals surface area contributed by atoms with Gasteiger partial charge in [-0.3, -0.25) is 0 Å². The van der Waals surface area contributed by atoms with Gasteiger partial charge in [0.1, 0.15) is 0 Å². The third-order valence-electron chi connectivity index (χ3n) is 5.45. The van der Waals surface area contributed by atoms with E-state index >= 15 is 0 Å². The van der Waals surface area contributed by atoms with Crippen LogP contribution in [0.15, 0.2) is 48.5 Å². The highest BCUT2D eigenvalue weighted by Crippen LogP contribution is 2.32. The summed E-state index contributed by atoms with van der Waals surface area (Å²) in [6.45, 7) is 1.63. The van der Waals surface area contributed by atoms with Crippen LogP contribution in [0.25, 0.3) is 11.6 Å². The number of allylic oxidation sites excluding steroid dienone is 1. The largest absolute Gasteiger partial charge is 0.353 e. The molecular formula is C24H28O2. The summed E-state index contributed by atoms with van der Waals surface area (Å²) in [7, 11) is 0. The summed E-state index contributed by atoms with van der Waals surface area (Å²) in [5, 5.41) is 0. The first-order valence-electron chi connectivity index (χ1n) is 10.00. The van der Waals surface area contributed by atoms with Gasteiger partial charge < -0.3 is 9.47 Å². The molecule has 1 unspecified atom stereocenters. The molecular weight excluding hydrogens is 320 g/mol. The molecule has 2 aromatic rings. The first kappa shape index (κ1) is 17.5. The van der Waals surface area contributed by atoms with Crippen LogP contribution in [0.5, 0.6) is 0 Å². The number of rotatable bonds is 6. The monoisotopic (exact) mass is 348 g/mol. The van der Waals surface area contributed by atoms with Gasteiger partial charge in [-0.2, -0.15) is 0 Å². The van der Waals surface area contributed by atoms with E-state index in [2.05, 4.69) is 54.6 Å². The van der Waals surface area contributed by atoms with E-state index in [1.807, 2.05) is 0 Å². The van der Waals surface area contributed by atoms with E-state index in [9.17, 15) is 0 Å². The summed E-state index contributed by atoms with van der Waals surface area (Å²) < 4.78 is 11.6. The Balaban J connectivity index is 1.41. The number of aryl methyl sites for hydroxylation is 2. The molecule has 2 nitrogen and oxygen atoms in total. The SMILES string of the molecule is C1=C(c2ccccc2)CCc2cccc(CCCOC3CCCCO3)c21. The second-order valence-electron chi connectivity index (χ2n) is 7.30. The Morgan fingerprint density at radius 3 is 2.73 bits per heavy atom. The first-order valence-corrected chi connectivity index (χ1v) is 10.00. The fourth-order valence-electron chi connectivity index (χ4n) is 4.00. The fourth-order valence-corrected chi connectivity index (χ4v) is 4.00. The highest BCUT2D eigenvalue weighted by molar-refractivity contribution is 5.85. The fraction of sp³-hybridized carbons (Fsp3) is 0.417. The first-order chi connectivity index (χ1) is 12.9. The number of hydrogen-bond acceptors (Lipinski definition) is 2. The average Bonchev–Trinajstić information content (AvgIpc) is 2.72. The quantitative estimate of drug-likeness (QED) is 0.628. The molecule has 136 valence electrons. The van der Waals surface area contributed by atoms with Crippen LogP contribution >= 0.6 is 0 Å². The molecule has 0 N–H and O–H groups in total. The molecule has 0 spiro atoms. The molecule has 2 aliphatic rings. The number of benzene rings is 2. The average molecular weight is 348 g/mol. The minimum atomic E-state index is 0.0259. The van der Waals surface area contributed by atoms with Crippen LogP contribution in [-0.4, -0.2) is 19.5 Å². The van der Waals surface area contributed by atoms with E-state index in [1.54, 1.807) is 0 Å². The third kappa shape index (κ3) is 4.25. The van der Waals surface area contributed by atoms with Crippen molar-refractivity contribution in [3.63, 3.8) is 0 Å². The summed E-state index contributed by atoms with van der Waals surface area (Å²) >= 11 is 0. The lowest BCUT2D eigenvalue weighted by Gasteiger charge is -2.23. The second kappa shape index (κ2) is 8.66. The van der Waals surface area contributed by atoms with Crippen molar-refractivity contribution in [1.82, 2.24) is 0 Å². The van der Waals surface area contributed by atoms with Gasteiger partial charge >= 0.3 is 0 Å². The van der Waals surface area contributed by atoms with Gasteiger partial charge in [0.05, 0.1) is 6.61 Å². The zero-order valence-electron chi connectivity index (χ0n) is 15.5. The van der Waals surface area contributed by atoms with Crippen LogP contribution in [0.4, 0.5) is 0 Å². The second-order valence-corrected chi connectivity index (χ2v) is 7.30. The number of hydrogen-bond donors (Lipinski definition) is 0. The molecule has 1 aliphatic carbocycles. The van der Waals surface area contributed by atoms with Crippen LogP contribution in [0.3, 0.4) is 0 Å². The van der Waals surface area contributed by atoms with Gasteiger partial charge in [0.2, 0.25) is 0 Å². The van der Waals surface area contributed by atoms with Gasteiger partial charge in [0, 0.05) is 6.61 Å². The van der Waals surface area contributed by atoms with E-state index in [1.165, 1.54) is 40.7 Å². The van der Waals surface area contributed by atoms with Crippen molar-refractivity contribution in [1.29, 1.82) is 0 Å². The van der Waals surface area contributed by atoms with E-state index in [4.69, 9.17) is 9.47 Å². The van der Waals surface area contributed by atoms with Gasteiger partial charge in [-0.05, 0) is 72.8 Å². The molecule has 0 aromatic heterocycles. The van der Waals surface area contributed by atoms with Crippen LogP contribution in [0.1, 0.15) is 54.4 Å². The molecule has 0 amide bonds. The molecule has 2 aromatic carbocycles. The molecule has 2 heteroatoms. The molecule has 4 rings (SSSR count). The van der Waals surface area contributed by atoms with Crippen LogP contribution in [0.2, 0.25) is 0 Å². The van der Waals surface area contributed by atoms with Crippen molar-refractivity contribution >= 4 is 11.6 Å². The molecule has 0 radical (unpaired) electrons. The summed E-state index contributed by atoms with van der Waals surface area (Å²) in [4.78, 5) is 0. The van der Waals surface area contributed by atoms with E-state index in [0.29, 0.717) is 0 Å². The van der Waals surface area contributed by atoms with E-state index < -0.39 is 0 Å². The van der Waals surface area contributed by atoms with Gasteiger partial charge in [-0.25, -0.2) is 0 Å². The molecule has 0 bridgehead atoms. The third-order valence-corrected chi connectivity index (χ3v) is 5.45. The molecule has 1 heterocycles. The summed E-state index contributed by atoms with van der Waals surface area (Å²) in [5.41, 5.74) is 7.18. The minimum Gasteiger partial charge on any atom is -0.353 e. The predicted molar refractivity (Wildman–Crippen MR) is 107 cm³/mol. The highest BCUT2D eigenvalue weighted by Gasteiger charge is 2.16. The van der Waals surface area contributed by atoms with Crippen LogP contribution in [0, 0.1) is 0 Å². The Kier molecular flexibility index (Phi) is 5.83. The lowest BCUT2D eigenvalue weighted by atomic mass is 9.85. The van der Waals surface area contributed by atoms with Crippen molar-refractivity contribution in [2.75, 3.05) is 13.2 Å². The van der Waals surface area contributed by atoms with Crippen molar-refractivity contribution in [2.45, 2.75) is 51.2 Å². The Hall–Kier alpha value is -1.90. The highest BCUT2D eigenvalue weighted by atomic mass is 16.7. The van der Waals surface area contributed by atoms with Gasteiger partial charge in [0.15, 0.2) is 6.29 Å². The molecule has 1 fully saturated rings. The number of fused-ring (bicyclic) bond motifs is 1. The maximum absolute atomic E-state index is 5.90. The number of ether oxygens (including phenoxy) is 2. The molecule has 0 saturated carbocycles. The zero-order valence-corrected chi connectivity index (χ0v) is 15.5. The van der Waals surface area contributed by atoms with E-state index in [-0.39, 0.29) is 6.29 Å². The standard InChI is InChI=1S/C24H28O2/c1-2-8-19(9-3-1)22-15-14-21-11-6-10-20(23(21)18-22)12-7-17-26-24-13-4-5-16-25-24/h1-3,6,8-11,18,24H,4-5,7,12-17H2. The Morgan fingerprint density at radius 2 is 1.88 bits per heavy atom. The van der Waals surface area contributed by atoms with Crippen molar-refractivity contribution < 1.29 is 9.47 Å². The lowest BCUT2D eigenvalue weighted by Crippen LogP contribution is -2.22. The molecule has 1 atom stereocenters. The van der Waals surface area contributed by atoms with Crippen LogP contribution < -0.4 is 0 Å². The molecule has 26 heavy (non-hydrogen) atoms. The normalized spacial score (nSPS) is 19.7. The van der Waals surface area contributed by atoms with Gasteiger partial charge in [-0.15, -0.1) is 0 Å². The zero-order chi connectivity index (χ0) is 17.6. The molecule has 1 aliphatic heterocycles. The Bertz CT molecular complexity index is 742. The smallest absolute Gasteiger partial charge is 0.157 e. The maximum Gasteiger partial charge on any atom is 0.157 e. The van der Waals surface area contributed by atoms with Gasteiger partial charge in [0.25, 0.3) is 0 Å².